The van der Waals surface area contributed by atoms with Crippen molar-refractivity contribution < 1.29 is 14.3 Å². The number of carbonyl (C=O) groups is 1. The molecule has 2 heterocycles. The molecule has 0 unspecified atom stereocenters. The maximum atomic E-state index is 12.1. The molecule has 0 spiro atoms. The maximum absolute atomic E-state index is 12.1. The Balaban J connectivity index is 0.00000225. The molecule has 25 heavy (non-hydrogen) atoms. The molecule has 5 nitrogen and oxygen atoms in total. The monoisotopic (exact) mass is 368 g/mol. The molecule has 0 atom stereocenters. The van der Waals surface area contributed by atoms with Gasteiger partial charge in [-0.05, 0) is 49.9 Å². The third kappa shape index (κ3) is 6.59. The van der Waals surface area contributed by atoms with Gasteiger partial charge in [0.1, 0.15) is 0 Å². The molecule has 0 bridgehead atoms. The molecule has 2 N–H and O–H groups in total. The van der Waals surface area contributed by atoms with E-state index >= 15 is 0 Å². The molecule has 6 heteroatoms. The Kier molecular flexibility index (Phi) is 8.68. The Hall–Kier alpha value is -1.14. The molecule has 2 fully saturated rings. The predicted octanol–water partition coefficient (Wildman–Crippen LogP) is 2.42. The van der Waals surface area contributed by atoms with Crippen LogP contribution in [0.5, 0.6) is 0 Å². The average molecular weight is 369 g/mol. The van der Waals surface area contributed by atoms with Gasteiger partial charge in [0.05, 0.1) is 12.7 Å². The van der Waals surface area contributed by atoms with Crippen LogP contribution in [0.2, 0.25) is 0 Å². The highest BCUT2D eigenvalue weighted by atomic mass is 35.5. The van der Waals surface area contributed by atoms with Crippen LogP contribution in [0.25, 0.3) is 0 Å². The summed E-state index contributed by atoms with van der Waals surface area (Å²) in [4.78, 5) is 12.1. The molecular formula is C19H29ClN2O3. The van der Waals surface area contributed by atoms with Crippen molar-refractivity contribution >= 4 is 18.3 Å². The minimum Gasteiger partial charge on any atom is -0.381 e. The van der Waals surface area contributed by atoms with E-state index in [-0.39, 0.29) is 24.2 Å². The molecule has 2 aliphatic heterocycles. The van der Waals surface area contributed by atoms with E-state index in [1.807, 2.05) is 0 Å². The Morgan fingerprint density at radius 1 is 1.08 bits per heavy atom. The lowest BCUT2D eigenvalue weighted by atomic mass is 9.97. The Bertz CT molecular complexity index is 512. The molecule has 2 saturated heterocycles. The van der Waals surface area contributed by atoms with Crippen molar-refractivity contribution in [3.63, 3.8) is 0 Å². The Morgan fingerprint density at radius 3 is 2.40 bits per heavy atom. The smallest absolute Gasteiger partial charge is 0.223 e. The van der Waals surface area contributed by atoms with Crippen molar-refractivity contribution in [1.82, 2.24) is 10.6 Å². The summed E-state index contributed by atoms with van der Waals surface area (Å²) in [7, 11) is 0. The van der Waals surface area contributed by atoms with Gasteiger partial charge in [-0.3, -0.25) is 4.79 Å². The maximum Gasteiger partial charge on any atom is 0.223 e. The number of rotatable bonds is 6. The number of halogens is 1. The first-order chi connectivity index (χ1) is 11.8. The van der Waals surface area contributed by atoms with Gasteiger partial charge in [0.15, 0.2) is 0 Å². The highest BCUT2D eigenvalue weighted by molar-refractivity contribution is 5.85. The van der Waals surface area contributed by atoms with Crippen LogP contribution >= 0.6 is 12.4 Å². The van der Waals surface area contributed by atoms with Gasteiger partial charge < -0.3 is 20.1 Å². The summed E-state index contributed by atoms with van der Waals surface area (Å²) in [5.74, 6) is 0.349. The van der Waals surface area contributed by atoms with Crippen molar-refractivity contribution in [3.8, 4) is 0 Å². The van der Waals surface area contributed by atoms with Gasteiger partial charge in [0, 0.05) is 25.7 Å². The van der Waals surface area contributed by atoms with Crippen LogP contribution in [-0.2, 0) is 27.4 Å². The molecule has 0 radical (unpaired) electrons. The Morgan fingerprint density at radius 2 is 1.72 bits per heavy atom. The molecule has 0 saturated carbocycles. The van der Waals surface area contributed by atoms with E-state index in [1.54, 1.807) is 0 Å². The van der Waals surface area contributed by atoms with Crippen molar-refractivity contribution in [3.05, 3.63) is 35.4 Å². The number of ether oxygens (including phenoxy) is 2. The highest BCUT2D eigenvalue weighted by Gasteiger charge is 2.20. The number of hydrogen-bond acceptors (Lipinski definition) is 4. The first-order valence-electron chi connectivity index (χ1n) is 9.07. The SMILES string of the molecule is Cl.O=C(NCc1ccc(COC2CCOCC2)cc1)C1CCNCC1. The fourth-order valence-corrected chi connectivity index (χ4v) is 3.23. The van der Waals surface area contributed by atoms with Crippen molar-refractivity contribution in [2.75, 3.05) is 26.3 Å². The van der Waals surface area contributed by atoms with E-state index in [1.165, 1.54) is 5.56 Å². The first-order valence-corrected chi connectivity index (χ1v) is 9.07. The zero-order valence-corrected chi connectivity index (χ0v) is 15.5. The fraction of sp³-hybridized carbons (Fsp3) is 0.632. The number of piperidine rings is 1. The third-order valence-electron chi connectivity index (χ3n) is 4.85. The van der Waals surface area contributed by atoms with Crippen molar-refractivity contribution in [2.24, 2.45) is 5.92 Å². The summed E-state index contributed by atoms with van der Waals surface area (Å²) < 4.78 is 11.3. The minimum atomic E-state index is 0. The molecule has 1 aromatic rings. The largest absolute Gasteiger partial charge is 0.381 e. The van der Waals surface area contributed by atoms with E-state index in [4.69, 9.17) is 9.47 Å². The second-order valence-electron chi connectivity index (χ2n) is 6.68. The minimum absolute atomic E-state index is 0. The molecule has 140 valence electrons. The first kappa shape index (κ1) is 20.2. The highest BCUT2D eigenvalue weighted by Crippen LogP contribution is 2.15. The average Bonchev–Trinajstić information content (AvgIpc) is 2.67. The molecule has 3 rings (SSSR count). The lowest BCUT2D eigenvalue weighted by Gasteiger charge is -2.22. The third-order valence-corrected chi connectivity index (χ3v) is 4.85. The lowest BCUT2D eigenvalue weighted by Crippen LogP contribution is -2.37. The van der Waals surface area contributed by atoms with Crippen LogP contribution in [0, 0.1) is 5.92 Å². The molecule has 0 aliphatic carbocycles. The van der Waals surface area contributed by atoms with E-state index in [9.17, 15) is 4.79 Å². The van der Waals surface area contributed by atoms with Gasteiger partial charge in [-0.1, -0.05) is 24.3 Å². The summed E-state index contributed by atoms with van der Waals surface area (Å²) in [6.45, 7) is 4.75. The number of hydrogen-bond donors (Lipinski definition) is 2. The van der Waals surface area contributed by atoms with Crippen molar-refractivity contribution in [2.45, 2.75) is 44.9 Å². The quantitative estimate of drug-likeness (QED) is 0.809. The number of benzene rings is 1. The molecule has 1 aromatic carbocycles. The summed E-state index contributed by atoms with van der Waals surface area (Å²) in [5, 5.41) is 6.35. The van der Waals surface area contributed by atoms with E-state index < -0.39 is 0 Å². The second-order valence-corrected chi connectivity index (χ2v) is 6.68. The standard InChI is InChI=1S/C19H28N2O3.ClH/c22-19(17-5-9-20-10-6-17)21-13-15-1-3-16(4-2-15)14-24-18-7-11-23-12-8-18;/h1-4,17-18,20H,5-14H2,(H,21,22);1H. The molecule has 2 aliphatic rings. The van der Waals surface area contributed by atoms with Crippen LogP contribution in [0.15, 0.2) is 24.3 Å². The summed E-state index contributed by atoms with van der Waals surface area (Å²) in [6, 6.07) is 8.33. The van der Waals surface area contributed by atoms with E-state index in [2.05, 4.69) is 34.9 Å². The number of amides is 1. The van der Waals surface area contributed by atoms with Gasteiger partial charge in [-0.2, -0.15) is 0 Å². The summed E-state index contributed by atoms with van der Waals surface area (Å²) >= 11 is 0. The van der Waals surface area contributed by atoms with Gasteiger partial charge >= 0.3 is 0 Å². The fourth-order valence-electron chi connectivity index (χ4n) is 3.23. The van der Waals surface area contributed by atoms with Crippen LogP contribution in [0.4, 0.5) is 0 Å². The zero-order valence-electron chi connectivity index (χ0n) is 14.7. The molecular weight excluding hydrogens is 340 g/mol. The zero-order chi connectivity index (χ0) is 16.6. The van der Waals surface area contributed by atoms with Crippen molar-refractivity contribution in [1.29, 1.82) is 0 Å². The topological polar surface area (TPSA) is 59.6 Å². The second kappa shape index (κ2) is 10.8. The lowest BCUT2D eigenvalue weighted by molar-refractivity contribution is -0.125. The summed E-state index contributed by atoms with van der Waals surface area (Å²) in [5.41, 5.74) is 2.31. The van der Waals surface area contributed by atoms with Crippen LogP contribution in [0.1, 0.15) is 36.8 Å². The van der Waals surface area contributed by atoms with Gasteiger partial charge in [-0.15, -0.1) is 12.4 Å². The molecule has 0 aromatic heterocycles. The molecule has 1 amide bonds. The van der Waals surface area contributed by atoms with Crippen LogP contribution in [0.3, 0.4) is 0 Å². The normalized spacial score (nSPS) is 19.2. The Labute approximate surface area is 156 Å². The number of carbonyl (C=O) groups excluding carboxylic acids is 1. The predicted molar refractivity (Wildman–Crippen MR) is 99.8 cm³/mol. The van der Waals surface area contributed by atoms with Gasteiger partial charge in [-0.25, -0.2) is 0 Å². The van der Waals surface area contributed by atoms with Crippen LogP contribution in [-0.4, -0.2) is 38.3 Å². The van der Waals surface area contributed by atoms with E-state index in [0.717, 1.165) is 57.6 Å². The van der Waals surface area contributed by atoms with Crippen LogP contribution < -0.4 is 10.6 Å². The number of nitrogens with one attached hydrogen (secondary N) is 2. The van der Waals surface area contributed by atoms with Gasteiger partial charge in [0.25, 0.3) is 0 Å². The summed E-state index contributed by atoms with van der Waals surface area (Å²) in [6.07, 6.45) is 4.17. The van der Waals surface area contributed by atoms with E-state index in [0.29, 0.717) is 19.3 Å². The van der Waals surface area contributed by atoms with Gasteiger partial charge in [0.2, 0.25) is 5.91 Å².